The number of fused-ring (bicyclic) bond motifs is 1. The highest BCUT2D eigenvalue weighted by molar-refractivity contribution is 7.23. The molecule has 0 bridgehead atoms. The molecule has 3 aromatic rings. The Balaban J connectivity index is 2.17. The molecule has 134 valence electrons. The van der Waals surface area contributed by atoms with Gasteiger partial charge in [-0.1, -0.05) is 29.8 Å². The fourth-order valence-electron chi connectivity index (χ4n) is 2.68. The summed E-state index contributed by atoms with van der Waals surface area (Å²) >= 11 is 7.47. The average molecular weight is 390 g/mol. The number of carbonyl (C=O) groups excluding carboxylic acids is 2. The minimum absolute atomic E-state index is 0.0854. The quantitative estimate of drug-likeness (QED) is 0.662. The third-order valence-corrected chi connectivity index (χ3v) is 5.50. The van der Waals surface area contributed by atoms with E-state index in [4.69, 9.17) is 16.3 Å². The van der Waals surface area contributed by atoms with Gasteiger partial charge in [0.2, 0.25) is 5.91 Å². The summed E-state index contributed by atoms with van der Waals surface area (Å²) in [6.45, 7) is 1.65. The lowest BCUT2D eigenvalue weighted by molar-refractivity contribution is -0.116. The molecule has 0 aliphatic rings. The summed E-state index contributed by atoms with van der Waals surface area (Å²) in [5.41, 5.74) is 1.07. The van der Waals surface area contributed by atoms with Crippen molar-refractivity contribution in [2.75, 3.05) is 12.0 Å². The van der Waals surface area contributed by atoms with Gasteiger partial charge in [0, 0.05) is 22.0 Å². The number of thiophene rings is 1. The van der Waals surface area contributed by atoms with Crippen LogP contribution in [0.3, 0.4) is 0 Å². The Morgan fingerprint density at radius 3 is 2.62 bits per heavy atom. The first-order valence-electron chi connectivity index (χ1n) is 7.77. The predicted molar refractivity (Wildman–Crippen MR) is 103 cm³/mol. The Labute approximate surface area is 159 Å². The van der Waals surface area contributed by atoms with Crippen LogP contribution >= 0.6 is 22.9 Å². The molecule has 1 amide bonds. The summed E-state index contributed by atoms with van der Waals surface area (Å²) in [4.78, 5) is 26.2. The van der Waals surface area contributed by atoms with E-state index in [-0.39, 0.29) is 18.2 Å². The number of halogens is 1. The number of ether oxygens (including phenoxy) is 1. The lowest BCUT2D eigenvalue weighted by Gasteiger charge is -2.21. The molecule has 0 aliphatic carbocycles. The first-order valence-corrected chi connectivity index (χ1v) is 8.97. The van der Waals surface area contributed by atoms with Crippen LogP contribution < -0.4 is 4.90 Å². The molecule has 0 aliphatic heterocycles. The number of rotatable bonds is 4. The van der Waals surface area contributed by atoms with E-state index < -0.39 is 5.97 Å². The number of hydrogen-bond acceptors (Lipinski definition) is 5. The normalized spacial score (nSPS) is 10.7. The van der Waals surface area contributed by atoms with Crippen LogP contribution in [0.5, 0.6) is 5.75 Å². The summed E-state index contributed by atoms with van der Waals surface area (Å²) < 4.78 is 5.60. The third-order valence-electron chi connectivity index (χ3n) is 3.96. The van der Waals surface area contributed by atoms with Crippen molar-refractivity contribution in [2.24, 2.45) is 0 Å². The van der Waals surface area contributed by atoms with Crippen molar-refractivity contribution in [3.05, 3.63) is 58.6 Å². The topological polar surface area (TPSA) is 66.8 Å². The maximum absolute atomic E-state index is 12.4. The largest absolute Gasteiger partial charge is 0.508 e. The number of aromatic hydroxyl groups is 1. The number of esters is 1. The van der Waals surface area contributed by atoms with Gasteiger partial charge in [-0.25, -0.2) is 4.79 Å². The summed E-state index contributed by atoms with van der Waals surface area (Å²) in [6, 6.07) is 11.9. The van der Waals surface area contributed by atoms with Crippen molar-refractivity contribution in [3.8, 4) is 5.75 Å². The van der Waals surface area contributed by atoms with Crippen LogP contribution in [-0.2, 0) is 16.1 Å². The van der Waals surface area contributed by atoms with E-state index in [1.54, 1.807) is 18.2 Å². The summed E-state index contributed by atoms with van der Waals surface area (Å²) in [6.07, 6.45) is 0. The van der Waals surface area contributed by atoms with Gasteiger partial charge >= 0.3 is 5.97 Å². The summed E-state index contributed by atoms with van der Waals surface area (Å²) in [5.74, 6) is -0.685. The molecular formula is C19H16ClNO4S. The Hall–Kier alpha value is -2.57. The van der Waals surface area contributed by atoms with Gasteiger partial charge in [-0.05, 0) is 29.8 Å². The number of methoxy groups -OCH3 is 1. The van der Waals surface area contributed by atoms with E-state index in [0.717, 1.165) is 5.56 Å². The molecule has 1 heterocycles. The second kappa shape index (κ2) is 7.35. The van der Waals surface area contributed by atoms with Crippen LogP contribution in [0, 0.1) is 0 Å². The second-order valence-electron chi connectivity index (χ2n) is 5.65. The van der Waals surface area contributed by atoms with Crippen molar-refractivity contribution >= 4 is 49.9 Å². The number of carbonyl (C=O) groups is 2. The minimum atomic E-state index is -0.539. The number of benzene rings is 2. The van der Waals surface area contributed by atoms with Crippen molar-refractivity contribution in [1.82, 2.24) is 0 Å². The molecule has 26 heavy (non-hydrogen) atoms. The van der Waals surface area contributed by atoms with E-state index >= 15 is 0 Å². The SMILES string of the molecule is COC(=O)c1c(N(Cc2ccccc2Cl)C(C)=O)sc2cc(O)ccc12. The summed E-state index contributed by atoms with van der Waals surface area (Å²) in [7, 11) is 1.29. The number of anilines is 1. The smallest absolute Gasteiger partial charge is 0.341 e. The molecule has 3 rings (SSSR count). The van der Waals surface area contributed by atoms with Crippen LogP contribution in [-0.4, -0.2) is 24.1 Å². The van der Waals surface area contributed by atoms with Gasteiger partial charge in [0.25, 0.3) is 0 Å². The van der Waals surface area contributed by atoms with Gasteiger partial charge in [0.15, 0.2) is 0 Å². The molecule has 0 spiro atoms. The average Bonchev–Trinajstić information content (AvgIpc) is 2.98. The lowest BCUT2D eigenvalue weighted by atomic mass is 10.1. The van der Waals surface area contributed by atoms with E-state index in [2.05, 4.69) is 0 Å². The molecule has 1 aromatic heterocycles. The maximum Gasteiger partial charge on any atom is 0.341 e. The van der Waals surface area contributed by atoms with E-state index in [1.807, 2.05) is 18.2 Å². The molecule has 1 N–H and O–H groups in total. The van der Waals surface area contributed by atoms with Crippen molar-refractivity contribution in [3.63, 3.8) is 0 Å². The van der Waals surface area contributed by atoms with Crippen LogP contribution in [0.25, 0.3) is 10.1 Å². The number of phenolic OH excluding ortho intramolecular Hbond substituents is 1. The molecule has 2 aromatic carbocycles. The second-order valence-corrected chi connectivity index (χ2v) is 7.09. The number of nitrogens with zero attached hydrogens (tertiary/aromatic N) is 1. The van der Waals surface area contributed by atoms with E-state index in [0.29, 0.717) is 25.7 Å². The molecular weight excluding hydrogens is 374 g/mol. The Bertz CT molecular complexity index is 998. The van der Waals surface area contributed by atoms with Crippen molar-refractivity contribution < 1.29 is 19.4 Å². The van der Waals surface area contributed by atoms with Crippen LogP contribution in [0.4, 0.5) is 5.00 Å². The number of amides is 1. The monoisotopic (exact) mass is 389 g/mol. The lowest BCUT2D eigenvalue weighted by Crippen LogP contribution is -2.28. The highest BCUT2D eigenvalue weighted by Gasteiger charge is 2.26. The molecule has 0 unspecified atom stereocenters. The molecule has 0 fully saturated rings. The fourth-order valence-corrected chi connectivity index (χ4v) is 4.15. The van der Waals surface area contributed by atoms with E-state index in [9.17, 15) is 14.7 Å². The van der Waals surface area contributed by atoms with Crippen LogP contribution in [0.15, 0.2) is 42.5 Å². The standard InChI is InChI=1S/C19H16ClNO4S/c1-11(22)21(10-12-5-3-4-6-15(12)20)18-17(19(24)25-2)14-8-7-13(23)9-16(14)26-18/h3-9,23H,10H2,1-2H3. The van der Waals surface area contributed by atoms with Gasteiger partial charge in [-0.15, -0.1) is 11.3 Å². The summed E-state index contributed by atoms with van der Waals surface area (Å²) in [5, 5.41) is 11.4. The Kier molecular flexibility index (Phi) is 5.15. The van der Waals surface area contributed by atoms with Gasteiger partial charge in [-0.3, -0.25) is 9.69 Å². The molecule has 0 radical (unpaired) electrons. The zero-order valence-corrected chi connectivity index (χ0v) is 15.7. The third kappa shape index (κ3) is 3.38. The fraction of sp³-hybridized carbons (Fsp3) is 0.158. The van der Waals surface area contributed by atoms with Gasteiger partial charge in [-0.2, -0.15) is 0 Å². The molecule has 7 heteroatoms. The number of hydrogen-bond donors (Lipinski definition) is 1. The number of phenols is 1. The highest BCUT2D eigenvalue weighted by atomic mass is 35.5. The maximum atomic E-state index is 12.4. The Morgan fingerprint density at radius 1 is 1.23 bits per heavy atom. The molecule has 0 saturated carbocycles. The zero-order chi connectivity index (χ0) is 18.8. The van der Waals surface area contributed by atoms with Crippen LogP contribution in [0.1, 0.15) is 22.8 Å². The highest BCUT2D eigenvalue weighted by Crippen LogP contribution is 2.41. The van der Waals surface area contributed by atoms with Gasteiger partial charge in [0.05, 0.1) is 13.7 Å². The molecule has 5 nitrogen and oxygen atoms in total. The van der Waals surface area contributed by atoms with Gasteiger partial charge < -0.3 is 9.84 Å². The Morgan fingerprint density at radius 2 is 1.96 bits per heavy atom. The molecule has 0 atom stereocenters. The van der Waals surface area contributed by atoms with E-state index in [1.165, 1.54) is 36.3 Å². The predicted octanol–water partition coefficient (Wildman–Crippen LogP) is 4.60. The van der Waals surface area contributed by atoms with Gasteiger partial charge in [0.1, 0.15) is 16.3 Å². The minimum Gasteiger partial charge on any atom is -0.508 e. The first-order chi connectivity index (χ1) is 12.4. The first kappa shape index (κ1) is 18.2. The van der Waals surface area contributed by atoms with Crippen LogP contribution in [0.2, 0.25) is 5.02 Å². The van der Waals surface area contributed by atoms with Crippen molar-refractivity contribution in [2.45, 2.75) is 13.5 Å². The van der Waals surface area contributed by atoms with Crippen molar-refractivity contribution in [1.29, 1.82) is 0 Å². The zero-order valence-electron chi connectivity index (χ0n) is 14.2. The molecule has 0 saturated heterocycles.